The van der Waals surface area contributed by atoms with E-state index >= 15 is 0 Å². The van der Waals surface area contributed by atoms with Crippen LogP contribution in [0.25, 0.3) is 17.0 Å². The van der Waals surface area contributed by atoms with Crippen molar-refractivity contribution in [2.24, 2.45) is 0 Å². The lowest BCUT2D eigenvalue weighted by molar-refractivity contribution is -0.112. The number of aromatic nitrogens is 1. The highest BCUT2D eigenvalue weighted by atomic mass is 16.5. The van der Waals surface area contributed by atoms with E-state index in [1.165, 1.54) is 0 Å². The third-order valence-corrected chi connectivity index (χ3v) is 5.04. The lowest BCUT2D eigenvalue weighted by Crippen LogP contribution is -2.13. The Labute approximate surface area is 191 Å². The Morgan fingerprint density at radius 1 is 0.939 bits per heavy atom. The van der Waals surface area contributed by atoms with E-state index in [9.17, 15) is 10.1 Å². The number of rotatable bonds is 7. The number of nitriles is 2. The van der Waals surface area contributed by atoms with Crippen LogP contribution < -0.4 is 10.1 Å². The molecule has 160 valence electrons. The molecule has 4 rings (SSSR count). The first-order chi connectivity index (χ1) is 16.2. The molecule has 1 amide bonds. The molecular formula is C27H20N4O2. The van der Waals surface area contributed by atoms with Crippen LogP contribution in [0.4, 0.5) is 5.69 Å². The maximum Gasteiger partial charge on any atom is 0.266 e. The summed E-state index contributed by atoms with van der Waals surface area (Å²) >= 11 is 0. The largest absolute Gasteiger partial charge is 0.457 e. The minimum atomic E-state index is -0.497. The number of benzene rings is 3. The molecule has 33 heavy (non-hydrogen) atoms. The van der Waals surface area contributed by atoms with Crippen LogP contribution in [0.1, 0.15) is 12.0 Å². The SMILES string of the molecule is N#CCCn1cc(/C=C(\C#N)C(=O)Nc2ccc(Oc3ccccc3)cc2)c2ccccc21. The van der Waals surface area contributed by atoms with Crippen molar-refractivity contribution >= 4 is 28.6 Å². The molecule has 0 saturated heterocycles. The number of para-hydroxylation sites is 2. The molecule has 0 spiro atoms. The van der Waals surface area contributed by atoms with Gasteiger partial charge in [0.2, 0.25) is 0 Å². The van der Waals surface area contributed by atoms with Gasteiger partial charge < -0.3 is 14.6 Å². The third kappa shape index (κ3) is 5.10. The Bertz CT molecular complexity index is 1390. The normalized spacial score (nSPS) is 10.9. The molecule has 6 nitrogen and oxygen atoms in total. The predicted molar refractivity (Wildman–Crippen MR) is 127 cm³/mol. The molecule has 0 fully saturated rings. The van der Waals surface area contributed by atoms with E-state index in [2.05, 4.69) is 11.4 Å². The standard InChI is InChI=1S/C27H20N4O2/c28-15-6-16-31-19-21(25-9-4-5-10-26(25)31)17-20(18-29)27(32)30-22-11-13-24(14-12-22)33-23-7-2-1-3-8-23/h1-5,7-14,17,19H,6,16H2,(H,30,32)/b20-17+. The molecule has 0 radical (unpaired) electrons. The average Bonchev–Trinajstić information content (AvgIpc) is 3.20. The number of fused-ring (bicyclic) bond motifs is 1. The molecule has 1 aromatic heterocycles. The van der Waals surface area contributed by atoms with Gasteiger partial charge in [0.15, 0.2) is 0 Å². The van der Waals surface area contributed by atoms with Crippen molar-refractivity contribution in [2.75, 3.05) is 5.32 Å². The lowest BCUT2D eigenvalue weighted by atomic mass is 10.1. The summed E-state index contributed by atoms with van der Waals surface area (Å²) in [4.78, 5) is 12.8. The Hall–Kier alpha value is -4.81. The summed E-state index contributed by atoms with van der Waals surface area (Å²) in [7, 11) is 0. The Balaban J connectivity index is 1.52. The van der Waals surface area contributed by atoms with Gasteiger partial charge in [0.05, 0.1) is 12.5 Å². The summed E-state index contributed by atoms with van der Waals surface area (Å²) in [5, 5.41) is 22.2. The molecule has 0 aliphatic rings. The van der Waals surface area contributed by atoms with Crippen molar-refractivity contribution in [3.8, 4) is 23.6 Å². The van der Waals surface area contributed by atoms with Crippen LogP contribution in [0.2, 0.25) is 0 Å². The molecule has 0 aliphatic carbocycles. The van der Waals surface area contributed by atoms with Gasteiger partial charge in [0.1, 0.15) is 23.1 Å². The number of ether oxygens (including phenoxy) is 1. The van der Waals surface area contributed by atoms with E-state index in [1.54, 1.807) is 30.3 Å². The lowest BCUT2D eigenvalue weighted by Gasteiger charge is -2.08. The number of carbonyl (C=O) groups is 1. The van der Waals surface area contributed by atoms with Crippen LogP contribution in [0, 0.1) is 22.7 Å². The van der Waals surface area contributed by atoms with Crippen LogP contribution >= 0.6 is 0 Å². The minimum absolute atomic E-state index is 0.0113. The summed E-state index contributed by atoms with van der Waals surface area (Å²) in [5.74, 6) is 0.862. The van der Waals surface area contributed by atoms with Gasteiger partial charge in [-0.05, 0) is 48.5 Å². The van der Waals surface area contributed by atoms with Gasteiger partial charge in [-0.2, -0.15) is 10.5 Å². The van der Waals surface area contributed by atoms with Gasteiger partial charge in [0.25, 0.3) is 5.91 Å². The van der Waals surface area contributed by atoms with Crippen molar-refractivity contribution in [3.63, 3.8) is 0 Å². The number of hydrogen-bond acceptors (Lipinski definition) is 4. The smallest absolute Gasteiger partial charge is 0.266 e. The van der Waals surface area contributed by atoms with Crippen LogP contribution in [-0.4, -0.2) is 10.5 Å². The minimum Gasteiger partial charge on any atom is -0.457 e. The molecule has 1 N–H and O–H groups in total. The van der Waals surface area contributed by atoms with Gasteiger partial charge >= 0.3 is 0 Å². The van der Waals surface area contributed by atoms with Crippen LogP contribution in [0.3, 0.4) is 0 Å². The maximum absolute atomic E-state index is 12.8. The van der Waals surface area contributed by atoms with Gasteiger partial charge in [-0.25, -0.2) is 0 Å². The first-order valence-corrected chi connectivity index (χ1v) is 10.4. The number of hydrogen-bond donors (Lipinski definition) is 1. The highest BCUT2D eigenvalue weighted by molar-refractivity contribution is 6.10. The molecule has 0 unspecified atom stereocenters. The summed E-state index contributed by atoms with van der Waals surface area (Å²) in [5.41, 5.74) is 2.24. The summed E-state index contributed by atoms with van der Waals surface area (Å²) in [6, 6.07) is 28.2. The van der Waals surface area contributed by atoms with Crippen molar-refractivity contribution in [1.29, 1.82) is 10.5 Å². The van der Waals surface area contributed by atoms with E-state index in [0.29, 0.717) is 24.4 Å². The molecule has 1 heterocycles. The Morgan fingerprint density at radius 2 is 1.64 bits per heavy atom. The van der Waals surface area contributed by atoms with Gasteiger partial charge in [-0.1, -0.05) is 36.4 Å². The fraction of sp³-hybridized carbons (Fsp3) is 0.0741. The second-order valence-corrected chi connectivity index (χ2v) is 7.27. The van der Waals surface area contributed by atoms with Gasteiger partial charge in [0, 0.05) is 34.9 Å². The van der Waals surface area contributed by atoms with Crippen molar-refractivity contribution in [2.45, 2.75) is 13.0 Å². The van der Waals surface area contributed by atoms with Crippen LogP contribution in [-0.2, 0) is 11.3 Å². The van der Waals surface area contributed by atoms with E-state index in [1.807, 2.05) is 71.4 Å². The fourth-order valence-corrected chi connectivity index (χ4v) is 3.48. The second-order valence-electron chi connectivity index (χ2n) is 7.27. The van der Waals surface area contributed by atoms with E-state index in [-0.39, 0.29) is 5.57 Å². The fourth-order valence-electron chi connectivity index (χ4n) is 3.48. The van der Waals surface area contributed by atoms with Crippen molar-refractivity contribution in [1.82, 2.24) is 4.57 Å². The number of nitrogens with zero attached hydrogens (tertiary/aromatic N) is 3. The Morgan fingerprint density at radius 3 is 2.36 bits per heavy atom. The molecule has 6 heteroatoms. The predicted octanol–water partition coefficient (Wildman–Crippen LogP) is 5.89. The molecule has 0 aliphatic heterocycles. The van der Waals surface area contributed by atoms with Crippen molar-refractivity contribution in [3.05, 3.63) is 96.2 Å². The monoisotopic (exact) mass is 432 g/mol. The van der Waals surface area contributed by atoms with E-state index < -0.39 is 5.91 Å². The highest BCUT2D eigenvalue weighted by Crippen LogP contribution is 2.25. The first kappa shape index (κ1) is 21.4. The quantitative estimate of drug-likeness (QED) is 0.291. The topological polar surface area (TPSA) is 90.8 Å². The molecule has 0 bridgehead atoms. The molecule has 0 atom stereocenters. The van der Waals surface area contributed by atoms with Crippen LogP contribution in [0.5, 0.6) is 11.5 Å². The number of amides is 1. The molecular weight excluding hydrogens is 412 g/mol. The van der Waals surface area contributed by atoms with E-state index in [4.69, 9.17) is 10.00 Å². The van der Waals surface area contributed by atoms with Crippen LogP contribution in [0.15, 0.2) is 90.6 Å². The number of nitrogens with one attached hydrogen (secondary N) is 1. The Kier molecular flexibility index (Phi) is 6.49. The summed E-state index contributed by atoms with van der Waals surface area (Å²) in [6.07, 6.45) is 3.81. The summed E-state index contributed by atoms with van der Waals surface area (Å²) < 4.78 is 7.72. The maximum atomic E-state index is 12.8. The number of anilines is 1. The number of carbonyl (C=O) groups excluding carboxylic acids is 1. The van der Waals surface area contributed by atoms with Gasteiger partial charge in [-0.3, -0.25) is 4.79 Å². The second kappa shape index (κ2) is 10.00. The summed E-state index contributed by atoms with van der Waals surface area (Å²) in [6.45, 7) is 0.538. The molecule has 4 aromatic rings. The van der Waals surface area contributed by atoms with Gasteiger partial charge in [-0.15, -0.1) is 0 Å². The first-order valence-electron chi connectivity index (χ1n) is 10.4. The number of aryl methyl sites for hydroxylation is 1. The molecule has 0 saturated carbocycles. The zero-order valence-corrected chi connectivity index (χ0v) is 17.7. The highest BCUT2D eigenvalue weighted by Gasteiger charge is 2.13. The van der Waals surface area contributed by atoms with E-state index in [0.717, 1.165) is 22.2 Å². The third-order valence-electron chi connectivity index (χ3n) is 5.04. The zero-order chi connectivity index (χ0) is 23.0. The van der Waals surface area contributed by atoms with Crippen molar-refractivity contribution < 1.29 is 9.53 Å². The molecule has 3 aromatic carbocycles. The average molecular weight is 432 g/mol. The zero-order valence-electron chi connectivity index (χ0n) is 17.7.